The Morgan fingerprint density at radius 3 is 2.11 bits per heavy atom. The molecule has 0 saturated heterocycles. The molecule has 1 aliphatic rings. The van der Waals surface area contributed by atoms with Crippen LogP contribution in [0.5, 0.6) is 0 Å². The van der Waals surface area contributed by atoms with Gasteiger partial charge in [-0.05, 0) is 0 Å². The molecule has 0 spiro atoms. The van der Waals surface area contributed by atoms with Gasteiger partial charge in [0.1, 0.15) is 4.49 Å². The van der Waals surface area contributed by atoms with Gasteiger partial charge in [0.2, 0.25) is 0 Å². The Hall–Kier alpha value is 0.230. The average Bonchev–Trinajstić information content (AvgIpc) is 1.90. The average molecular weight is 179 g/mol. The first-order valence-corrected chi connectivity index (χ1v) is 4.36. The van der Waals surface area contributed by atoms with Crippen LogP contribution in [0.3, 0.4) is 0 Å². The van der Waals surface area contributed by atoms with Gasteiger partial charge in [-0.25, -0.2) is 0 Å². The lowest BCUT2D eigenvalue weighted by atomic mass is 10.3. The molecule has 0 fully saturated rings. The van der Waals surface area contributed by atoms with E-state index in [9.17, 15) is 0 Å². The molecular weight excluding hydrogens is 174 g/mol. The molecule has 0 aliphatic carbocycles. The zero-order valence-corrected chi connectivity index (χ0v) is 7.08. The lowest BCUT2D eigenvalue weighted by molar-refractivity contribution is 1.73. The molecule has 48 valence electrons. The molecular formula is C6H5Cl2P. The van der Waals surface area contributed by atoms with Crippen LogP contribution in [0, 0.1) is 0 Å². The second-order valence-electron chi connectivity index (χ2n) is 1.55. The van der Waals surface area contributed by atoms with E-state index in [0.29, 0.717) is 4.49 Å². The van der Waals surface area contributed by atoms with Gasteiger partial charge in [-0.15, -0.1) is 0 Å². The highest BCUT2D eigenvalue weighted by Gasteiger charge is 1.95. The molecule has 9 heavy (non-hydrogen) atoms. The van der Waals surface area contributed by atoms with Gasteiger partial charge in [0.05, 0.1) is 0 Å². The number of hydrogen-bond acceptors (Lipinski definition) is 0. The maximum Gasteiger partial charge on any atom is 0.114 e. The predicted molar refractivity (Wildman–Crippen MR) is 45.3 cm³/mol. The highest BCUT2D eigenvalue weighted by Crippen LogP contribution is 2.26. The van der Waals surface area contributed by atoms with Crippen molar-refractivity contribution in [2.75, 3.05) is 0 Å². The van der Waals surface area contributed by atoms with E-state index in [2.05, 4.69) is 0 Å². The van der Waals surface area contributed by atoms with Crippen molar-refractivity contribution < 1.29 is 0 Å². The fourth-order valence-corrected chi connectivity index (χ4v) is 1.43. The Morgan fingerprint density at radius 2 is 1.78 bits per heavy atom. The molecule has 0 N–H and O–H groups in total. The van der Waals surface area contributed by atoms with Crippen LogP contribution in [-0.2, 0) is 0 Å². The minimum atomic E-state index is 0.340. The van der Waals surface area contributed by atoms with Crippen LogP contribution in [0.1, 0.15) is 0 Å². The lowest BCUT2D eigenvalue weighted by Gasteiger charge is -1.97. The van der Waals surface area contributed by atoms with Crippen molar-refractivity contribution in [3.05, 3.63) is 33.9 Å². The first-order valence-electron chi connectivity index (χ1n) is 2.45. The summed E-state index contributed by atoms with van der Waals surface area (Å²) in [6.45, 7) is 0. The third-order valence-electron chi connectivity index (χ3n) is 0.936. The van der Waals surface area contributed by atoms with Crippen LogP contribution in [0.4, 0.5) is 0 Å². The van der Waals surface area contributed by atoms with Crippen molar-refractivity contribution in [3.8, 4) is 0 Å². The van der Waals surface area contributed by atoms with Crippen LogP contribution >= 0.6 is 31.8 Å². The smallest absolute Gasteiger partial charge is 0.0749 e. The molecule has 0 atom stereocenters. The monoisotopic (exact) mass is 178 g/mol. The molecule has 1 heterocycles. The minimum Gasteiger partial charge on any atom is -0.0749 e. The first kappa shape index (κ1) is 7.34. The molecule has 0 radical (unpaired) electrons. The standard InChI is InChI=1S/C6H5Cl2P/c7-6(8)5-1-3-9-4-2-5/h1-4,9H. The van der Waals surface area contributed by atoms with E-state index in [1.54, 1.807) is 0 Å². The minimum absolute atomic E-state index is 0.340. The molecule has 0 amide bonds. The summed E-state index contributed by atoms with van der Waals surface area (Å²) in [7, 11) is 0.768. The molecule has 3 heteroatoms. The van der Waals surface area contributed by atoms with E-state index in [-0.39, 0.29) is 0 Å². The van der Waals surface area contributed by atoms with Gasteiger partial charge in [-0.2, -0.15) is 0 Å². The lowest BCUT2D eigenvalue weighted by Crippen LogP contribution is -1.72. The summed E-state index contributed by atoms with van der Waals surface area (Å²) in [4.78, 5) is 0. The largest absolute Gasteiger partial charge is 0.114 e. The number of allylic oxidation sites excluding steroid dienone is 3. The van der Waals surface area contributed by atoms with Gasteiger partial charge in [0, 0.05) is 5.57 Å². The summed E-state index contributed by atoms with van der Waals surface area (Å²) in [5.41, 5.74) is 0.900. The summed E-state index contributed by atoms with van der Waals surface area (Å²) >= 11 is 11.0. The predicted octanol–water partition coefficient (Wildman–Crippen LogP) is 3.40. The van der Waals surface area contributed by atoms with Gasteiger partial charge in [0.25, 0.3) is 0 Å². The normalized spacial score (nSPS) is 19.1. The zero-order chi connectivity index (χ0) is 6.69. The summed E-state index contributed by atoms with van der Waals surface area (Å²) in [5, 5.41) is 0. The SMILES string of the molecule is ClC(Cl)=C1C=CPC=C1. The number of hydrogen-bond donors (Lipinski definition) is 0. The van der Waals surface area contributed by atoms with E-state index in [0.717, 1.165) is 14.2 Å². The Labute approximate surface area is 66.0 Å². The quantitative estimate of drug-likeness (QED) is 0.500. The molecule has 0 aromatic carbocycles. The summed E-state index contributed by atoms with van der Waals surface area (Å²) in [6, 6.07) is 0. The molecule has 0 bridgehead atoms. The van der Waals surface area contributed by atoms with Crippen LogP contribution in [-0.4, -0.2) is 0 Å². The van der Waals surface area contributed by atoms with E-state index in [1.165, 1.54) is 0 Å². The van der Waals surface area contributed by atoms with Gasteiger partial charge >= 0.3 is 0 Å². The van der Waals surface area contributed by atoms with E-state index in [4.69, 9.17) is 23.2 Å². The van der Waals surface area contributed by atoms with Crippen molar-refractivity contribution in [1.82, 2.24) is 0 Å². The molecule has 1 aliphatic heterocycles. The van der Waals surface area contributed by atoms with Crippen LogP contribution < -0.4 is 0 Å². The highest BCUT2D eigenvalue weighted by molar-refractivity contribution is 7.45. The van der Waals surface area contributed by atoms with Gasteiger partial charge in [0.15, 0.2) is 0 Å². The molecule has 0 nitrogen and oxygen atoms in total. The Balaban J connectivity index is 2.83. The molecule has 1 rings (SSSR count). The number of halogens is 2. The maximum atomic E-state index is 5.50. The summed E-state index contributed by atoms with van der Waals surface area (Å²) < 4.78 is 0.340. The fraction of sp³-hybridized carbons (Fsp3) is 0. The number of rotatable bonds is 0. The zero-order valence-electron chi connectivity index (χ0n) is 4.57. The van der Waals surface area contributed by atoms with Crippen LogP contribution in [0.2, 0.25) is 0 Å². The van der Waals surface area contributed by atoms with Crippen LogP contribution in [0.25, 0.3) is 0 Å². The second kappa shape index (κ2) is 3.41. The van der Waals surface area contributed by atoms with Crippen molar-refractivity contribution in [3.63, 3.8) is 0 Å². The molecule has 0 unspecified atom stereocenters. The maximum absolute atomic E-state index is 5.50. The van der Waals surface area contributed by atoms with E-state index in [1.807, 2.05) is 23.8 Å². The summed E-state index contributed by atoms with van der Waals surface area (Å²) in [5.74, 6) is 4.08. The Morgan fingerprint density at radius 1 is 1.22 bits per heavy atom. The molecule has 0 aromatic rings. The highest BCUT2D eigenvalue weighted by atomic mass is 35.5. The third kappa shape index (κ3) is 2.14. The Kier molecular flexibility index (Phi) is 2.78. The van der Waals surface area contributed by atoms with Crippen molar-refractivity contribution in [2.24, 2.45) is 0 Å². The summed E-state index contributed by atoms with van der Waals surface area (Å²) in [6.07, 6.45) is 3.85. The van der Waals surface area contributed by atoms with Gasteiger partial charge in [-0.1, -0.05) is 55.6 Å². The molecule has 0 aromatic heterocycles. The first-order chi connectivity index (χ1) is 4.30. The van der Waals surface area contributed by atoms with Crippen LogP contribution in [0.15, 0.2) is 33.9 Å². The van der Waals surface area contributed by atoms with Gasteiger partial charge in [-0.3, -0.25) is 0 Å². The van der Waals surface area contributed by atoms with Crippen molar-refractivity contribution in [2.45, 2.75) is 0 Å². The molecule has 0 saturated carbocycles. The Bertz CT molecular complexity index is 173. The van der Waals surface area contributed by atoms with E-state index >= 15 is 0 Å². The van der Waals surface area contributed by atoms with E-state index < -0.39 is 0 Å². The fourth-order valence-electron chi connectivity index (χ4n) is 0.513. The second-order valence-corrected chi connectivity index (χ2v) is 3.50. The van der Waals surface area contributed by atoms with Crippen molar-refractivity contribution >= 4 is 31.8 Å². The van der Waals surface area contributed by atoms with Gasteiger partial charge < -0.3 is 0 Å². The topological polar surface area (TPSA) is 0 Å². The van der Waals surface area contributed by atoms with Crippen molar-refractivity contribution in [1.29, 1.82) is 0 Å². The third-order valence-corrected chi connectivity index (χ3v) is 2.09.